The summed E-state index contributed by atoms with van der Waals surface area (Å²) in [7, 11) is 0. The maximum absolute atomic E-state index is 11.0. The molecule has 1 rings (SSSR count). The van der Waals surface area contributed by atoms with Gasteiger partial charge in [-0.05, 0) is 31.0 Å². The van der Waals surface area contributed by atoms with E-state index in [1.165, 1.54) is 0 Å². The summed E-state index contributed by atoms with van der Waals surface area (Å²) in [6, 6.07) is 3.24. The molecule has 5 N–H and O–H groups in total. The molecular formula is C10H13N3O. The van der Waals surface area contributed by atoms with E-state index in [0.717, 1.165) is 11.1 Å². The third-order valence-corrected chi connectivity index (χ3v) is 2.34. The minimum absolute atomic E-state index is 0.00150. The van der Waals surface area contributed by atoms with Crippen molar-refractivity contribution in [3.8, 4) is 0 Å². The maximum Gasteiger partial charge on any atom is 0.248 e. The molecular weight excluding hydrogens is 178 g/mol. The Kier molecular flexibility index (Phi) is 2.56. The first kappa shape index (κ1) is 10.2. The molecule has 0 saturated carbocycles. The second-order valence-electron chi connectivity index (χ2n) is 3.19. The van der Waals surface area contributed by atoms with E-state index in [1.807, 2.05) is 6.92 Å². The van der Waals surface area contributed by atoms with Crippen LogP contribution < -0.4 is 11.5 Å². The van der Waals surface area contributed by atoms with Gasteiger partial charge in [0.2, 0.25) is 5.91 Å². The number of amidine groups is 1. The number of hydrogen-bond acceptors (Lipinski definition) is 2. The van der Waals surface area contributed by atoms with Crippen LogP contribution in [0.4, 0.5) is 0 Å². The molecule has 0 heterocycles. The van der Waals surface area contributed by atoms with Crippen LogP contribution in [0.1, 0.15) is 27.0 Å². The van der Waals surface area contributed by atoms with Gasteiger partial charge in [-0.2, -0.15) is 0 Å². The molecule has 0 aliphatic rings. The first-order valence-electron chi connectivity index (χ1n) is 4.19. The van der Waals surface area contributed by atoms with Crippen LogP contribution in [-0.4, -0.2) is 11.7 Å². The minimum atomic E-state index is -0.458. The Bertz CT molecular complexity index is 371. The molecule has 0 unspecified atom stereocenters. The van der Waals surface area contributed by atoms with Crippen molar-refractivity contribution >= 4 is 11.7 Å². The molecule has 0 spiro atoms. The van der Waals surface area contributed by atoms with Gasteiger partial charge in [0.05, 0.1) is 0 Å². The van der Waals surface area contributed by atoms with Gasteiger partial charge in [-0.25, -0.2) is 0 Å². The summed E-state index contributed by atoms with van der Waals surface area (Å²) >= 11 is 0. The molecule has 0 fully saturated rings. The van der Waals surface area contributed by atoms with Crippen molar-refractivity contribution in [2.24, 2.45) is 11.5 Å². The molecule has 74 valence electrons. The van der Waals surface area contributed by atoms with Crippen LogP contribution >= 0.6 is 0 Å². The lowest BCUT2D eigenvalue weighted by Crippen LogP contribution is -2.17. The van der Waals surface area contributed by atoms with E-state index in [2.05, 4.69) is 0 Å². The second-order valence-corrected chi connectivity index (χ2v) is 3.19. The summed E-state index contributed by atoms with van der Waals surface area (Å²) in [5.74, 6) is -0.456. The average Bonchev–Trinajstić information content (AvgIpc) is 2.08. The predicted molar refractivity (Wildman–Crippen MR) is 55.5 cm³/mol. The van der Waals surface area contributed by atoms with Crippen molar-refractivity contribution in [3.63, 3.8) is 0 Å². The molecule has 0 aliphatic heterocycles. The lowest BCUT2D eigenvalue weighted by atomic mass is 9.97. The third kappa shape index (κ3) is 1.59. The average molecular weight is 191 g/mol. The lowest BCUT2D eigenvalue weighted by molar-refractivity contribution is 0.0999. The van der Waals surface area contributed by atoms with Gasteiger partial charge in [0, 0.05) is 11.1 Å². The molecule has 14 heavy (non-hydrogen) atoms. The van der Waals surface area contributed by atoms with Crippen molar-refractivity contribution in [2.75, 3.05) is 0 Å². The summed E-state index contributed by atoms with van der Waals surface area (Å²) in [4.78, 5) is 11.0. The van der Waals surface area contributed by atoms with Crippen LogP contribution in [-0.2, 0) is 0 Å². The van der Waals surface area contributed by atoms with E-state index in [9.17, 15) is 4.79 Å². The van der Waals surface area contributed by atoms with Crippen LogP contribution in [0.5, 0.6) is 0 Å². The molecule has 0 atom stereocenters. The fourth-order valence-corrected chi connectivity index (χ4v) is 1.38. The van der Waals surface area contributed by atoms with E-state index in [1.54, 1.807) is 19.1 Å². The van der Waals surface area contributed by atoms with Gasteiger partial charge in [-0.1, -0.05) is 6.07 Å². The van der Waals surface area contributed by atoms with E-state index in [4.69, 9.17) is 16.9 Å². The Morgan fingerprint density at radius 3 is 2.00 bits per heavy atom. The zero-order chi connectivity index (χ0) is 10.9. The van der Waals surface area contributed by atoms with Gasteiger partial charge in [0.1, 0.15) is 5.84 Å². The van der Waals surface area contributed by atoms with E-state index < -0.39 is 5.91 Å². The molecule has 4 nitrogen and oxygen atoms in total. The molecule has 0 radical (unpaired) electrons. The predicted octanol–water partition coefficient (Wildman–Crippen LogP) is 0.686. The summed E-state index contributed by atoms with van der Waals surface area (Å²) in [5, 5.41) is 7.31. The summed E-state index contributed by atoms with van der Waals surface area (Å²) < 4.78 is 0. The normalized spacial score (nSPS) is 9.86. The van der Waals surface area contributed by atoms with Gasteiger partial charge in [-0.3, -0.25) is 10.2 Å². The minimum Gasteiger partial charge on any atom is -0.384 e. The number of amides is 1. The van der Waals surface area contributed by atoms with Crippen molar-refractivity contribution in [2.45, 2.75) is 13.8 Å². The highest BCUT2D eigenvalue weighted by molar-refractivity contribution is 6.00. The Balaban J connectivity index is 3.41. The van der Waals surface area contributed by atoms with Crippen LogP contribution in [0.25, 0.3) is 0 Å². The van der Waals surface area contributed by atoms with Gasteiger partial charge in [0.25, 0.3) is 0 Å². The number of carbonyl (C=O) groups excluding carboxylic acids is 1. The highest BCUT2D eigenvalue weighted by atomic mass is 16.1. The molecule has 0 saturated heterocycles. The number of primary amides is 1. The van der Waals surface area contributed by atoms with E-state index in [0.29, 0.717) is 11.1 Å². The topological polar surface area (TPSA) is 93.0 Å². The quantitative estimate of drug-likeness (QED) is 0.474. The fourth-order valence-electron chi connectivity index (χ4n) is 1.38. The molecule has 1 aromatic rings. The zero-order valence-corrected chi connectivity index (χ0v) is 8.22. The highest BCUT2D eigenvalue weighted by Gasteiger charge is 2.10. The molecule has 4 heteroatoms. The van der Waals surface area contributed by atoms with Gasteiger partial charge in [0.15, 0.2) is 0 Å². The standard InChI is InChI=1S/C10H13N3O/c1-5-6(2)8(10(13)14)4-3-7(5)9(11)12/h3-4H,1-2H3,(H3,11,12)(H2,13,14). The monoisotopic (exact) mass is 191 g/mol. The first-order valence-corrected chi connectivity index (χ1v) is 4.19. The Labute approximate surface area is 82.4 Å². The second kappa shape index (κ2) is 3.49. The number of nitrogen functional groups attached to an aromatic ring is 1. The number of rotatable bonds is 2. The van der Waals surface area contributed by atoms with Crippen LogP contribution in [0.2, 0.25) is 0 Å². The van der Waals surface area contributed by atoms with Crippen molar-refractivity contribution in [3.05, 3.63) is 34.4 Å². The molecule has 0 bridgehead atoms. The number of carbonyl (C=O) groups is 1. The molecule has 1 amide bonds. The van der Waals surface area contributed by atoms with Crippen molar-refractivity contribution in [1.29, 1.82) is 5.41 Å². The number of nitrogens with one attached hydrogen (secondary N) is 1. The SMILES string of the molecule is Cc1c(C(=N)N)ccc(C(N)=O)c1C. The van der Waals surface area contributed by atoms with Crippen LogP contribution in [0.15, 0.2) is 12.1 Å². The fraction of sp³-hybridized carbons (Fsp3) is 0.200. The van der Waals surface area contributed by atoms with Gasteiger partial charge < -0.3 is 11.5 Å². The van der Waals surface area contributed by atoms with E-state index in [-0.39, 0.29) is 5.84 Å². The van der Waals surface area contributed by atoms with Crippen molar-refractivity contribution < 1.29 is 4.79 Å². The summed E-state index contributed by atoms with van der Waals surface area (Å²) in [5.41, 5.74) is 13.3. The van der Waals surface area contributed by atoms with Crippen LogP contribution in [0.3, 0.4) is 0 Å². The number of hydrogen-bond donors (Lipinski definition) is 3. The van der Waals surface area contributed by atoms with Gasteiger partial charge >= 0.3 is 0 Å². The Morgan fingerprint density at radius 1 is 1.14 bits per heavy atom. The number of benzene rings is 1. The smallest absolute Gasteiger partial charge is 0.248 e. The highest BCUT2D eigenvalue weighted by Crippen LogP contribution is 2.16. The first-order chi connectivity index (χ1) is 6.45. The lowest BCUT2D eigenvalue weighted by Gasteiger charge is -2.09. The van der Waals surface area contributed by atoms with Gasteiger partial charge in [-0.15, -0.1) is 0 Å². The molecule has 1 aromatic carbocycles. The largest absolute Gasteiger partial charge is 0.384 e. The van der Waals surface area contributed by atoms with E-state index >= 15 is 0 Å². The summed E-state index contributed by atoms with van der Waals surface area (Å²) in [6.07, 6.45) is 0. The Hall–Kier alpha value is -1.84. The summed E-state index contributed by atoms with van der Waals surface area (Å²) in [6.45, 7) is 3.61. The zero-order valence-electron chi connectivity index (χ0n) is 8.22. The molecule has 0 aromatic heterocycles. The van der Waals surface area contributed by atoms with Crippen LogP contribution in [0, 0.1) is 19.3 Å². The Morgan fingerprint density at radius 2 is 1.57 bits per heavy atom. The van der Waals surface area contributed by atoms with Crippen molar-refractivity contribution in [1.82, 2.24) is 0 Å². The number of nitrogens with two attached hydrogens (primary N) is 2. The molecule has 0 aliphatic carbocycles. The maximum atomic E-state index is 11.0. The third-order valence-electron chi connectivity index (χ3n) is 2.34.